The number of carbonyl (C=O) groups is 1. The minimum Gasteiger partial charge on any atom is -0.325 e. The third-order valence-corrected chi connectivity index (χ3v) is 6.05. The monoisotopic (exact) mass is 395 g/mol. The van der Waals surface area contributed by atoms with E-state index >= 15 is 0 Å². The molecule has 3 aromatic rings. The van der Waals surface area contributed by atoms with Gasteiger partial charge in [-0.2, -0.15) is 0 Å². The molecule has 1 atom stereocenters. The Hall–Kier alpha value is -2.23. The van der Waals surface area contributed by atoms with Crippen molar-refractivity contribution in [3.05, 3.63) is 101 Å². The molecule has 3 rings (SSSR count). The third kappa shape index (κ3) is 5.15. The lowest BCUT2D eigenvalue weighted by atomic mass is 10.0. The van der Waals surface area contributed by atoms with Gasteiger partial charge in [-0.05, 0) is 42.7 Å². The van der Waals surface area contributed by atoms with Gasteiger partial charge in [0.2, 0.25) is 5.91 Å². The van der Waals surface area contributed by atoms with Crippen LogP contribution in [0.3, 0.4) is 0 Å². The van der Waals surface area contributed by atoms with Crippen molar-refractivity contribution in [3.8, 4) is 0 Å². The van der Waals surface area contributed by atoms with E-state index < -0.39 is 0 Å². The number of halogens is 1. The Bertz CT molecular complexity index is 859. The Kier molecular flexibility index (Phi) is 6.59. The summed E-state index contributed by atoms with van der Waals surface area (Å²) in [6.07, 6.45) is 0. The summed E-state index contributed by atoms with van der Waals surface area (Å²) in [6.45, 7) is 3.90. The average Bonchev–Trinajstić information content (AvgIpc) is 2.70. The molecule has 1 N–H and O–H groups in total. The maximum Gasteiger partial charge on any atom is 0.237 e. The van der Waals surface area contributed by atoms with Gasteiger partial charge in [0.15, 0.2) is 0 Å². The van der Waals surface area contributed by atoms with E-state index in [1.165, 1.54) is 11.1 Å². The molecule has 27 heavy (non-hydrogen) atoms. The van der Waals surface area contributed by atoms with Crippen molar-refractivity contribution >= 4 is 35.0 Å². The molecule has 0 radical (unpaired) electrons. The van der Waals surface area contributed by atoms with Crippen LogP contribution in [0.1, 0.15) is 28.9 Å². The molecule has 4 heteroatoms. The Morgan fingerprint density at radius 3 is 2.04 bits per heavy atom. The summed E-state index contributed by atoms with van der Waals surface area (Å²) in [7, 11) is 0. The van der Waals surface area contributed by atoms with Gasteiger partial charge in [-0.15, -0.1) is 11.8 Å². The SMILES string of the molecule is Cc1ccc(Cl)cc1NC(=O)[C@@H](C)SC(c1ccccc1)c1ccccc1. The van der Waals surface area contributed by atoms with E-state index in [-0.39, 0.29) is 16.4 Å². The van der Waals surface area contributed by atoms with Crippen LogP contribution in [0.4, 0.5) is 5.69 Å². The minimum atomic E-state index is -0.228. The van der Waals surface area contributed by atoms with Crippen LogP contribution in [0, 0.1) is 6.92 Å². The fraction of sp³-hybridized carbons (Fsp3) is 0.174. The highest BCUT2D eigenvalue weighted by atomic mass is 35.5. The number of carbonyl (C=O) groups excluding carboxylic acids is 1. The molecule has 1 amide bonds. The Balaban J connectivity index is 1.79. The van der Waals surface area contributed by atoms with E-state index in [2.05, 4.69) is 29.6 Å². The predicted molar refractivity (Wildman–Crippen MR) is 117 cm³/mol. The molecule has 2 nitrogen and oxygen atoms in total. The number of rotatable bonds is 6. The second-order valence-electron chi connectivity index (χ2n) is 6.43. The molecule has 0 saturated heterocycles. The summed E-state index contributed by atoms with van der Waals surface area (Å²) in [5.74, 6) is -0.0257. The van der Waals surface area contributed by atoms with Crippen LogP contribution in [0.25, 0.3) is 0 Å². The first-order chi connectivity index (χ1) is 13.0. The van der Waals surface area contributed by atoms with Gasteiger partial charge in [0.1, 0.15) is 0 Å². The standard InChI is InChI=1S/C23H22ClNOS/c1-16-13-14-20(24)15-21(16)25-23(26)17(2)27-22(18-9-5-3-6-10-18)19-11-7-4-8-12-19/h3-15,17,22H,1-2H3,(H,25,26)/t17-/m1/s1. The summed E-state index contributed by atoms with van der Waals surface area (Å²) in [4.78, 5) is 12.8. The van der Waals surface area contributed by atoms with Crippen molar-refractivity contribution in [2.24, 2.45) is 0 Å². The second kappa shape index (κ2) is 9.12. The van der Waals surface area contributed by atoms with E-state index in [1.807, 2.05) is 62.4 Å². The molecule has 0 unspecified atom stereocenters. The molecular weight excluding hydrogens is 374 g/mol. The molecule has 3 aromatic carbocycles. The zero-order valence-electron chi connectivity index (χ0n) is 15.4. The van der Waals surface area contributed by atoms with E-state index in [0.717, 1.165) is 11.3 Å². The number of amides is 1. The first-order valence-corrected chi connectivity index (χ1v) is 10.2. The van der Waals surface area contributed by atoms with Crippen molar-refractivity contribution in [2.45, 2.75) is 24.3 Å². The van der Waals surface area contributed by atoms with Crippen molar-refractivity contribution in [1.29, 1.82) is 0 Å². The van der Waals surface area contributed by atoms with Crippen LogP contribution in [-0.2, 0) is 4.79 Å². The summed E-state index contributed by atoms with van der Waals surface area (Å²) in [6, 6.07) is 26.1. The summed E-state index contributed by atoms with van der Waals surface area (Å²) in [5, 5.41) is 3.49. The topological polar surface area (TPSA) is 29.1 Å². The van der Waals surface area contributed by atoms with E-state index in [0.29, 0.717) is 5.02 Å². The van der Waals surface area contributed by atoms with Crippen molar-refractivity contribution < 1.29 is 4.79 Å². The molecule has 0 fully saturated rings. The zero-order valence-corrected chi connectivity index (χ0v) is 16.9. The highest BCUT2D eigenvalue weighted by Gasteiger charge is 2.22. The van der Waals surface area contributed by atoms with Crippen LogP contribution >= 0.6 is 23.4 Å². The average molecular weight is 396 g/mol. The number of hydrogen-bond acceptors (Lipinski definition) is 2. The van der Waals surface area contributed by atoms with E-state index in [4.69, 9.17) is 11.6 Å². The molecular formula is C23H22ClNOS. The molecule has 0 bridgehead atoms. The number of nitrogens with one attached hydrogen (secondary N) is 1. The van der Waals surface area contributed by atoms with Gasteiger partial charge in [0, 0.05) is 10.7 Å². The van der Waals surface area contributed by atoms with Crippen molar-refractivity contribution in [3.63, 3.8) is 0 Å². The van der Waals surface area contributed by atoms with E-state index in [9.17, 15) is 4.79 Å². The van der Waals surface area contributed by atoms with Crippen LogP contribution in [-0.4, -0.2) is 11.2 Å². The smallest absolute Gasteiger partial charge is 0.237 e. The molecule has 0 aromatic heterocycles. The Morgan fingerprint density at radius 1 is 0.926 bits per heavy atom. The largest absolute Gasteiger partial charge is 0.325 e. The van der Waals surface area contributed by atoms with E-state index in [1.54, 1.807) is 17.8 Å². The summed E-state index contributed by atoms with van der Waals surface area (Å²) < 4.78 is 0. The number of hydrogen-bond donors (Lipinski definition) is 1. The molecule has 0 saturated carbocycles. The van der Waals surface area contributed by atoms with Crippen LogP contribution in [0.5, 0.6) is 0 Å². The highest BCUT2D eigenvalue weighted by Crippen LogP contribution is 2.38. The minimum absolute atomic E-state index is 0.0257. The van der Waals surface area contributed by atoms with Crippen LogP contribution < -0.4 is 5.32 Å². The quantitative estimate of drug-likeness (QED) is 0.516. The molecule has 0 spiro atoms. The number of thioether (sulfide) groups is 1. The van der Waals surface area contributed by atoms with Gasteiger partial charge in [-0.1, -0.05) is 78.3 Å². The van der Waals surface area contributed by atoms with Gasteiger partial charge in [0.25, 0.3) is 0 Å². The van der Waals surface area contributed by atoms with Gasteiger partial charge < -0.3 is 5.32 Å². The highest BCUT2D eigenvalue weighted by molar-refractivity contribution is 8.01. The Labute approximate surface area is 170 Å². The lowest BCUT2D eigenvalue weighted by Crippen LogP contribution is -2.24. The lowest BCUT2D eigenvalue weighted by Gasteiger charge is -2.22. The second-order valence-corrected chi connectivity index (χ2v) is 8.32. The predicted octanol–water partition coefficient (Wildman–Crippen LogP) is 6.50. The van der Waals surface area contributed by atoms with Gasteiger partial charge in [-0.3, -0.25) is 4.79 Å². The molecule has 0 aliphatic heterocycles. The van der Waals surface area contributed by atoms with Gasteiger partial charge in [-0.25, -0.2) is 0 Å². The maximum atomic E-state index is 12.8. The van der Waals surface area contributed by atoms with Crippen molar-refractivity contribution in [2.75, 3.05) is 5.32 Å². The number of aryl methyl sites for hydroxylation is 1. The summed E-state index contributed by atoms with van der Waals surface area (Å²) in [5.41, 5.74) is 4.13. The number of benzene rings is 3. The lowest BCUT2D eigenvalue weighted by molar-refractivity contribution is -0.115. The normalized spacial score (nSPS) is 12.0. The number of anilines is 1. The third-order valence-electron chi connectivity index (χ3n) is 4.37. The molecule has 138 valence electrons. The fourth-order valence-corrected chi connectivity index (χ4v) is 4.23. The molecule has 0 aliphatic carbocycles. The zero-order chi connectivity index (χ0) is 19.2. The van der Waals surface area contributed by atoms with Crippen LogP contribution in [0.15, 0.2) is 78.9 Å². The first-order valence-electron chi connectivity index (χ1n) is 8.87. The van der Waals surface area contributed by atoms with Crippen molar-refractivity contribution in [1.82, 2.24) is 0 Å². The summed E-state index contributed by atoms with van der Waals surface area (Å²) >= 11 is 7.71. The fourth-order valence-electron chi connectivity index (χ4n) is 2.83. The van der Waals surface area contributed by atoms with Gasteiger partial charge in [0.05, 0.1) is 10.5 Å². The maximum absolute atomic E-state index is 12.8. The molecule has 0 heterocycles. The first kappa shape index (κ1) is 19.5. The molecule has 0 aliphatic rings. The van der Waals surface area contributed by atoms with Gasteiger partial charge >= 0.3 is 0 Å². The van der Waals surface area contributed by atoms with Crippen LogP contribution in [0.2, 0.25) is 5.02 Å². The Morgan fingerprint density at radius 2 is 1.48 bits per heavy atom.